The van der Waals surface area contributed by atoms with E-state index in [2.05, 4.69) is 21.8 Å². The van der Waals surface area contributed by atoms with Crippen LogP contribution in [0.5, 0.6) is 0 Å². The molecule has 1 aromatic heterocycles. The topological polar surface area (TPSA) is 28.6 Å². The summed E-state index contributed by atoms with van der Waals surface area (Å²) >= 11 is 0. The maximum atomic E-state index is 13.8. The third-order valence-electron chi connectivity index (χ3n) is 3.78. The lowest BCUT2D eigenvalue weighted by Crippen LogP contribution is -2.42. The molecular formula is C13H18FN3O. The molecule has 1 aromatic rings. The lowest BCUT2D eigenvalue weighted by Gasteiger charge is -2.30. The van der Waals surface area contributed by atoms with Crippen molar-refractivity contribution < 1.29 is 9.13 Å². The largest absolute Gasteiger partial charge is 0.379 e. The summed E-state index contributed by atoms with van der Waals surface area (Å²) in [4.78, 5) is 8.57. The van der Waals surface area contributed by atoms with E-state index in [1.807, 2.05) is 0 Å². The van der Waals surface area contributed by atoms with Crippen LogP contribution in [-0.4, -0.2) is 55.8 Å². The minimum atomic E-state index is -0.235. The van der Waals surface area contributed by atoms with E-state index in [1.54, 1.807) is 12.3 Å². The number of hydrogen-bond donors (Lipinski definition) is 0. The van der Waals surface area contributed by atoms with Crippen LogP contribution in [0.25, 0.3) is 0 Å². The molecule has 2 fully saturated rings. The Hall–Kier alpha value is -1.20. The summed E-state index contributed by atoms with van der Waals surface area (Å²) in [6, 6.07) is 3.43. The van der Waals surface area contributed by atoms with E-state index in [-0.39, 0.29) is 5.82 Å². The normalized spacial score (nSPS) is 29.1. The lowest BCUT2D eigenvalue weighted by molar-refractivity contribution is 0.0928. The van der Waals surface area contributed by atoms with Crippen LogP contribution in [0.15, 0.2) is 18.3 Å². The quantitative estimate of drug-likeness (QED) is 0.744. The van der Waals surface area contributed by atoms with Gasteiger partial charge in [-0.2, -0.15) is 0 Å². The molecule has 2 aliphatic heterocycles. The maximum absolute atomic E-state index is 13.8. The molecule has 0 amide bonds. The van der Waals surface area contributed by atoms with E-state index in [9.17, 15) is 4.39 Å². The number of halogens is 1. The Bertz CT molecular complexity index is 428. The Kier molecular flexibility index (Phi) is 3.18. The van der Waals surface area contributed by atoms with Gasteiger partial charge in [0.15, 0.2) is 11.6 Å². The number of likely N-dealkylation sites (N-methyl/N-ethyl adjacent to an activating group) is 1. The van der Waals surface area contributed by atoms with Crippen molar-refractivity contribution in [2.24, 2.45) is 5.92 Å². The molecule has 3 rings (SSSR count). The molecule has 4 nitrogen and oxygen atoms in total. The van der Waals surface area contributed by atoms with Crippen molar-refractivity contribution >= 4 is 5.82 Å². The second-order valence-corrected chi connectivity index (χ2v) is 5.21. The standard InChI is InChI=1S/C13H18FN3O/c1-16-5-10-6-17(7-11(16)9-18-8-10)13-12(14)3-2-4-15-13/h2-4,10-11H,5-9H2,1H3/t10-,11+/m1/s1. The van der Waals surface area contributed by atoms with Crippen LogP contribution in [0, 0.1) is 11.7 Å². The van der Waals surface area contributed by atoms with Gasteiger partial charge in [0.05, 0.1) is 19.3 Å². The van der Waals surface area contributed by atoms with Gasteiger partial charge < -0.3 is 9.64 Å². The van der Waals surface area contributed by atoms with Gasteiger partial charge in [-0.05, 0) is 19.2 Å². The molecule has 2 aliphatic rings. The van der Waals surface area contributed by atoms with Crippen molar-refractivity contribution in [3.8, 4) is 0 Å². The molecule has 2 bridgehead atoms. The molecule has 98 valence electrons. The molecular weight excluding hydrogens is 233 g/mol. The first-order valence-corrected chi connectivity index (χ1v) is 6.37. The first-order valence-electron chi connectivity index (χ1n) is 6.37. The second-order valence-electron chi connectivity index (χ2n) is 5.21. The number of hydrogen-bond acceptors (Lipinski definition) is 4. The number of anilines is 1. The second kappa shape index (κ2) is 4.82. The molecule has 2 atom stereocenters. The number of pyridine rings is 1. The van der Waals surface area contributed by atoms with Gasteiger partial charge in [0, 0.05) is 31.7 Å². The molecule has 0 saturated carbocycles. The highest BCUT2D eigenvalue weighted by Gasteiger charge is 2.32. The number of aromatic nitrogens is 1. The minimum absolute atomic E-state index is 0.235. The van der Waals surface area contributed by atoms with E-state index < -0.39 is 0 Å². The Morgan fingerprint density at radius 2 is 2.22 bits per heavy atom. The summed E-state index contributed by atoms with van der Waals surface area (Å²) in [5.41, 5.74) is 0. The molecule has 0 aromatic carbocycles. The molecule has 18 heavy (non-hydrogen) atoms. The fourth-order valence-corrected chi connectivity index (χ4v) is 2.83. The monoisotopic (exact) mass is 251 g/mol. The summed E-state index contributed by atoms with van der Waals surface area (Å²) in [6.45, 7) is 4.08. The van der Waals surface area contributed by atoms with Crippen LogP contribution in [0.3, 0.4) is 0 Å². The Morgan fingerprint density at radius 1 is 1.33 bits per heavy atom. The zero-order valence-corrected chi connectivity index (χ0v) is 10.6. The fraction of sp³-hybridized carbons (Fsp3) is 0.615. The molecule has 0 unspecified atom stereocenters. The van der Waals surface area contributed by atoms with Crippen molar-refractivity contribution in [2.75, 3.05) is 44.8 Å². The number of rotatable bonds is 1. The first kappa shape index (κ1) is 11.9. The third-order valence-corrected chi connectivity index (χ3v) is 3.78. The summed E-state index contributed by atoms with van der Waals surface area (Å²) in [5.74, 6) is 0.662. The highest BCUT2D eigenvalue weighted by molar-refractivity contribution is 5.40. The van der Waals surface area contributed by atoms with Crippen LogP contribution >= 0.6 is 0 Å². The Labute approximate surface area is 106 Å². The third kappa shape index (κ3) is 2.20. The zero-order chi connectivity index (χ0) is 12.5. The molecule has 0 spiro atoms. The van der Waals surface area contributed by atoms with Crippen molar-refractivity contribution in [3.05, 3.63) is 24.1 Å². The number of nitrogens with zero attached hydrogens (tertiary/aromatic N) is 3. The molecule has 5 heteroatoms. The maximum Gasteiger partial charge on any atom is 0.165 e. The van der Waals surface area contributed by atoms with Crippen LogP contribution in [0.4, 0.5) is 10.2 Å². The molecule has 2 saturated heterocycles. The van der Waals surface area contributed by atoms with Crippen molar-refractivity contribution in [2.45, 2.75) is 6.04 Å². The van der Waals surface area contributed by atoms with Gasteiger partial charge in [-0.25, -0.2) is 9.37 Å². The molecule has 0 radical (unpaired) electrons. The molecule has 0 aliphatic carbocycles. The van der Waals surface area contributed by atoms with Gasteiger partial charge in [-0.1, -0.05) is 0 Å². The van der Waals surface area contributed by atoms with E-state index in [4.69, 9.17) is 4.74 Å². The van der Waals surface area contributed by atoms with Crippen molar-refractivity contribution in [3.63, 3.8) is 0 Å². The van der Waals surface area contributed by atoms with Gasteiger partial charge in [0.2, 0.25) is 0 Å². The summed E-state index contributed by atoms with van der Waals surface area (Å²) in [6.07, 6.45) is 1.65. The predicted molar refractivity (Wildman–Crippen MR) is 67.1 cm³/mol. The Morgan fingerprint density at radius 3 is 3.06 bits per heavy atom. The van der Waals surface area contributed by atoms with E-state index >= 15 is 0 Å². The Balaban J connectivity index is 1.88. The zero-order valence-electron chi connectivity index (χ0n) is 10.6. The highest BCUT2D eigenvalue weighted by Crippen LogP contribution is 2.23. The molecule has 3 heterocycles. The van der Waals surface area contributed by atoms with E-state index in [1.165, 1.54) is 6.07 Å². The first-order chi connectivity index (χ1) is 8.74. The minimum Gasteiger partial charge on any atom is -0.379 e. The van der Waals surface area contributed by atoms with Crippen molar-refractivity contribution in [1.29, 1.82) is 0 Å². The number of ether oxygens (including phenoxy) is 1. The lowest BCUT2D eigenvalue weighted by atomic mass is 10.1. The van der Waals surface area contributed by atoms with Gasteiger partial charge in [-0.3, -0.25) is 4.90 Å². The van der Waals surface area contributed by atoms with Crippen LogP contribution in [-0.2, 0) is 4.74 Å². The summed E-state index contributed by atoms with van der Waals surface area (Å²) < 4.78 is 19.5. The van der Waals surface area contributed by atoms with Crippen LogP contribution < -0.4 is 4.90 Å². The average Bonchev–Trinajstić information content (AvgIpc) is 2.58. The SMILES string of the molecule is CN1C[C@H]2COC[C@@H]1CN(c1ncccc1F)C2. The smallest absolute Gasteiger partial charge is 0.165 e. The number of fused-ring (bicyclic) bond motifs is 3. The van der Waals surface area contributed by atoms with Gasteiger partial charge in [0.1, 0.15) is 0 Å². The average molecular weight is 251 g/mol. The van der Waals surface area contributed by atoms with E-state index in [0.29, 0.717) is 17.8 Å². The van der Waals surface area contributed by atoms with Crippen LogP contribution in [0.2, 0.25) is 0 Å². The van der Waals surface area contributed by atoms with Gasteiger partial charge in [0.25, 0.3) is 0 Å². The van der Waals surface area contributed by atoms with Crippen LogP contribution in [0.1, 0.15) is 0 Å². The van der Waals surface area contributed by atoms with Gasteiger partial charge >= 0.3 is 0 Å². The summed E-state index contributed by atoms with van der Waals surface area (Å²) in [5, 5.41) is 0. The predicted octanol–water partition coefficient (Wildman–Crippen LogP) is 0.987. The fourth-order valence-electron chi connectivity index (χ4n) is 2.83. The molecule has 0 N–H and O–H groups in total. The van der Waals surface area contributed by atoms with E-state index in [0.717, 1.165) is 32.8 Å². The van der Waals surface area contributed by atoms with Crippen molar-refractivity contribution in [1.82, 2.24) is 9.88 Å². The highest BCUT2D eigenvalue weighted by atomic mass is 19.1. The summed E-state index contributed by atoms with van der Waals surface area (Å²) in [7, 11) is 2.12. The van der Waals surface area contributed by atoms with Gasteiger partial charge in [-0.15, -0.1) is 0 Å².